The predicted molar refractivity (Wildman–Crippen MR) is 38.6 cm³/mol. The molecule has 0 aliphatic rings. The second-order valence-corrected chi connectivity index (χ2v) is 2.21. The number of hydrogen-bond donors (Lipinski definition) is 2. The first-order chi connectivity index (χ1) is 5.13. The summed E-state index contributed by atoms with van der Waals surface area (Å²) in [6.07, 6.45) is 0. The summed E-state index contributed by atoms with van der Waals surface area (Å²) in [6, 6.07) is 5.38. The van der Waals surface area contributed by atoms with E-state index >= 15 is 0 Å². The van der Waals surface area contributed by atoms with Crippen LogP contribution in [0.4, 0.5) is 0 Å². The van der Waals surface area contributed by atoms with Gasteiger partial charge in [0.05, 0.1) is 0 Å². The van der Waals surface area contributed by atoms with Crippen molar-refractivity contribution < 1.29 is 15.0 Å². The van der Waals surface area contributed by atoms with Crippen LogP contribution in [0.3, 0.4) is 0 Å². The van der Waals surface area contributed by atoms with Gasteiger partial charge in [0.2, 0.25) is 0 Å². The largest absolute Gasteiger partial charge is 0.507 e. The molecule has 57 valence electrons. The van der Waals surface area contributed by atoms with E-state index in [1.165, 1.54) is 12.1 Å². The molecule has 0 spiro atoms. The minimum absolute atomic E-state index is 0.106. The van der Waals surface area contributed by atoms with Crippen LogP contribution in [-0.4, -0.2) is 16.2 Å². The molecule has 0 heterocycles. The molecule has 1 aromatic rings. The smallest absolute Gasteiger partial charge is 0.339 e. The van der Waals surface area contributed by atoms with E-state index in [1.54, 1.807) is 6.92 Å². The summed E-state index contributed by atoms with van der Waals surface area (Å²) in [4.78, 5) is 10.4. The lowest BCUT2D eigenvalue weighted by Gasteiger charge is -2.00. The Balaban J connectivity index is 3.27. The van der Waals surface area contributed by atoms with Crippen molar-refractivity contribution in [3.63, 3.8) is 0 Å². The average Bonchev–Trinajstić information content (AvgIpc) is 1.94. The molecule has 1 aromatic carbocycles. The number of hydrogen-bond acceptors (Lipinski definition) is 2. The highest BCUT2D eigenvalue weighted by molar-refractivity contribution is 5.91. The molecule has 1 radical (unpaired) electrons. The SMILES string of the molecule is Cc1c[c]cc(C(=O)O)c1O. The summed E-state index contributed by atoms with van der Waals surface area (Å²) in [5.41, 5.74) is 0.412. The third kappa shape index (κ3) is 1.32. The predicted octanol–water partition coefficient (Wildman–Crippen LogP) is 1.20. The Labute approximate surface area is 63.9 Å². The molecule has 0 fully saturated rings. The van der Waals surface area contributed by atoms with Gasteiger partial charge in [0.1, 0.15) is 11.3 Å². The summed E-state index contributed by atoms with van der Waals surface area (Å²) >= 11 is 0. The molecule has 0 atom stereocenters. The van der Waals surface area contributed by atoms with Gasteiger partial charge in [-0.25, -0.2) is 4.79 Å². The minimum atomic E-state index is -1.14. The number of rotatable bonds is 1. The van der Waals surface area contributed by atoms with Crippen molar-refractivity contribution in [3.8, 4) is 5.75 Å². The molecule has 0 aromatic heterocycles. The summed E-state index contributed by atoms with van der Waals surface area (Å²) in [7, 11) is 0. The molecule has 1 rings (SSSR count). The fourth-order valence-corrected chi connectivity index (χ4v) is 0.762. The molecule has 0 aliphatic heterocycles. The minimum Gasteiger partial charge on any atom is -0.507 e. The Hall–Kier alpha value is -1.51. The normalized spacial score (nSPS) is 9.55. The molecular weight excluding hydrogens is 144 g/mol. The number of aromatic hydroxyl groups is 1. The van der Waals surface area contributed by atoms with Crippen LogP contribution in [0.1, 0.15) is 15.9 Å². The van der Waals surface area contributed by atoms with Crippen LogP contribution in [0, 0.1) is 13.0 Å². The average molecular weight is 151 g/mol. The van der Waals surface area contributed by atoms with Crippen molar-refractivity contribution in [1.82, 2.24) is 0 Å². The summed E-state index contributed by atoms with van der Waals surface area (Å²) in [5, 5.41) is 17.7. The van der Waals surface area contributed by atoms with Crippen molar-refractivity contribution in [2.45, 2.75) is 6.92 Å². The van der Waals surface area contributed by atoms with E-state index in [4.69, 9.17) is 10.2 Å². The van der Waals surface area contributed by atoms with Gasteiger partial charge in [0.15, 0.2) is 0 Å². The Kier molecular flexibility index (Phi) is 1.81. The second kappa shape index (κ2) is 2.62. The van der Waals surface area contributed by atoms with E-state index in [9.17, 15) is 4.79 Å². The number of phenols is 1. The van der Waals surface area contributed by atoms with Crippen molar-refractivity contribution in [2.24, 2.45) is 0 Å². The summed E-state index contributed by atoms with van der Waals surface area (Å²) < 4.78 is 0. The summed E-state index contributed by atoms with van der Waals surface area (Å²) in [6.45, 7) is 1.62. The maximum atomic E-state index is 10.4. The van der Waals surface area contributed by atoms with Gasteiger partial charge in [-0.3, -0.25) is 0 Å². The lowest BCUT2D eigenvalue weighted by atomic mass is 10.1. The van der Waals surface area contributed by atoms with Gasteiger partial charge < -0.3 is 10.2 Å². The van der Waals surface area contributed by atoms with Crippen LogP contribution in [0.5, 0.6) is 5.75 Å². The standard InChI is InChI=1S/C8H7O3/c1-5-3-2-4-6(7(5)9)8(10)11/h3-4,9H,1H3,(H,10,11). The number of benzene rings is 1. The fraction of sp³-hybridized carbons (Fsp3) is 0.125. The summed E-state index contributed by atoms with van der Waals surface area (Å²) in [5.74, 6) is -1.32. The first-order valence-electron chi connectivity index (χ1n) is 3.06. The maximum Gasteiger partial charge on any atom is 0.339 e. The zero-order valence-corrected chi connectivity index (χ0v) is 5.96. The van der Waals surface area contributed by atoms with E-state index in [0.29, 0.717) is 5.56 Å². The number of carboxylic acids is 1. The van der Waals surface area contributed by atoms with Gasteiger partial charge in [-0.2, -0.15) is 0 Å². The van der Waals surface area contributed by atoms with E-state index in [1.807, 2.05) is 0 Å². The van der Waals surface area contributed by atoms with E-state index in [-0.39, 0.29) is 11.3 Å². The van der Waals surface area contributed by atoms with Crippen LogP contribution < -0.4 is 0 Å². The highest BCUT2D eigenvalue weighted by Crippen LogP contribution is 2.20. The van der Waals surface area contributed by atoms with Crippen molar-refractivity contribution in [2.75, 3.05) is 0 Å². The van der Waals surface area contributed by atoms with Crippen molar-refractivity contribution in [3.05, 3.63) is 29.3 Å². The number of aryl methyl sites for hydroxylation is 1. The van der Waals surface area contributed by atoms with Gasteiger partial charge in [-0.05, 0) is 30.7 Å². The van der Waals surface area contributed by atoms with Gasteiger partial charge in [0.25, 0.3) is 0 Å². The lowest BCUT2D eigenvalue weighted by molar-refractivity contribution is 0.0693. The monoisotopic (exact) mass is 151 g/mol. The van der Waals surface area contributed by atoms with Crippen molar-refractivity contribution in [1.29, 1.82) is 0 Å². The van der Waals surface area contributed by atoms with Gasteiger partial charge in [0, 0.05) is 0 Å². The highest BCUT2D eigenvalue weighted by Gasteiger charge is 2.09. The van der Waals surface area contributed by atoms with Gasteiger partial charge in [-0.15, -0.1) is 0 Å². The molecule has 0 unspecified atom stereocenters. The molecule has 3 heteroatoms. The van der Waals surface area contributed by atoms with Crippen LogP contribution in [0.25, 0.3) is 0 Å². The quantitative estimate of drug-likeness (QED) is 0.634. The molecule has 0 bridgehead atoms. The molecule has 0 saturated heterocycles. The van der Waals surface area contributed by atoms with E-state index in [0.717, 1.165) is 0 Å². The first kappa shape index (κ1) is 7.60. The first-order valence-corrected chi connectivity index (χ1v) is 3.06. The number of carbonyl (C=O) groups is 1. The molecule has 3 nitrogen and oxygen atoms in total. The van der Waals surface area contributed by atoms with Crippen LogP contribution in [0.2, 0.25) is 0 Å². The highest BCUT2D eigenvalue weighted by atomic mass is 16.4. The Bertz CT molecular complexity index is 291. The van der Waals surface area contributed by atoms with Crippen LogP contribution >= 0.6 is 0 Å². The molecule has 2 N–H and O–H groups in total. The fourth-order valence-electron chi connectivity index (χ4n) is 0.762. The van der Waals surface area contributed by atoms with Crippen LogP contribution in [0.15, 0.2) is 12.1 Å². The zero-order chi connectivity index (χ0) is 8.43. The van der Waals surface area contributed by atoms with Crippen molar-refractivity contribution >= 4 is 5.97 Å². The molecule has 11 heavy (non-hydrogen) atoms. The Morgan fingerprint density at radius 1 is 1.55 bits per heavy atom. The van der Waals surface area contributed by atoms with Gasteiger partial charge in [-0.1, -0.05) is 0 Å². The van der Waals surface area contributed by atoms with Crippen LogP contribution in [-0.2, 0) is 0 Å². The number of carboxylic acid groups (broad SMARTS) is 1. The maximum absolute atomic E-state index is 10.4. The Morgan fingerprint density at radius 2 is 2.18 bits per heavy atom. The second-order valence-electron chi connectivity index (χ2n) is 2.21. The van der Waals surface area contributed by atoms with E-state index in [2.05, 4.69) is 6.07 Å². The number of aromatic carboxylic acids is 1. The molecule has 0 aliphatic carbocycles. The third-order valence-corrected chi connectivity index (χ3v) is 1.39. The Morgan fingerprint density at radius 3 is 2.64 bits per heavy atom. The van der Waals surface area contributed by atoms with Gasteiger partial charge >= 0.3 is 5.97 Å². The molecular formula is C8H7O3. The zero-order valence-electron chi connectivity index (χ0n) is 5.96. The third-order valence-electron chi connectivity index (χ3n) is 1.39. The molecule has 0 amide bonds. The molecule has 0 saturated carbocycles. The topological polar surface area (TPSA) is 57.5 Å². The van der Waals surface area contributed by atoms with E-state index < -0.39 is 5.97 Å². The lowest BCUT2D eigenvalue weighted by Crippen LogP contribution is -1.97.